The molecule has 0 radical (unpaired) electrons. The van der Waals surface area contributed by atoms with Crippen LogP contribution in [0.15, 0.2) is 30.6 Å². The van der Waals surface area contributed by atoms with Crippen LogP contribution in [0.1, 0.15) is 17.5 Å². The molecule has 2 aromatic rings. The van der Waals surface area contributed by atoms with Crippen molar-refractivity contribution in [1.29, 1.82) is 0 Å². The van der Waals surface area contributed by atoms with Crippen LogP contribution in [-0.4, -0.2) is 57.0 Å². The van der Waals surface area contributed by atoms with Crippen molar-refractivity contribution >= 4 is 18.0 Å². The number of carbonyl (C=O) groups is 2. The molecule has 1 unspecified atom stereocenters. The van der Waals surface area contributed by atoms with Gasteiger partial charge in [-0.2, -0.15) is 39.5 Å². The molecule has 17 heteroatoms. The van der Waals surface area contributed by atoms with Crippen LogP contribution in [0.25, 0.3) is 17.6 Å². The molecule has 0 spiro atoms. The lowest BCUT2D eigenvalue weighted by atomic mass is 10.0. The molecule has 0 bridgehead atoms. The average Bonchev–Trinajstić information content (AvgIpc) is 3.36. The Morgan fingerprint density at radius 1 is 1.06 bits per heavy atom. The number of ether oxygens (including phenoxy) is 1. The molecule has 1 fully saturated rings. The summed E-state index contributed by atoms with van der Waals surface area (Å²) in [7, 11) is 0. The minimum absolute atomic E-state index is 0.0525. The fourth-order valence-electron chi connectivity index (χ4n) is 2.99. The van der Waals surface area contributed by atoms with Crippen molar-refractivity contribution in [2.75, 3.05) is 13.2 Å². The van der Waals surface area contributed by atoms with E-state index < -0.39 is 65.6 Å². The molecule has 2 heterocycles. The maximum atomic E-state index is 13.0. The highest BCUT2D eigenvalue weighted by Crippen LogP contribution is 2.38. The second-order valence-electron chi connectivity index (χ2n) is 7.33. The van der Waals surface area contributed by atoms with Gasteiger partial charge in [0.25, 0.3) is 11.8 Å². The van der Waals surface area contributed by atoms with Crippen LogP contribution in [0.2, 0.25) is 0 Å². The number of rotatable bonds is 6. The van der Waals surface area contributed by atoms with E-state index in [0.29, 0.717) is 12.1 Å². The summed E-state index contributed by atoms with van der Waals surface area (Å²) >= 11 is 0. The van der Waals surface area contributed by atoms with Crippen molar-refractivity contribution in [3.8, 4) is 11.4 Å². The van der Waals surface area contributed by atoms with Crippen molar-refractivity contribution in [1.82, 2.24) is 25.2 Å². The number of nitrogens with zero attached hydrogens (tertiary/aromatic N) is 4. The van der Waals surface area contributed by atoms with Crippen molar-refractivity contribution in [2.24, 2.45) is 0 Å². The number of hydrogen-bond acceptors (Lipinski definition) is 5. The minimum Gasteiger partial charge on any atom is -0.359 e. The Morgan fingerprint density at radius 3 is 2.22 bits per heavy atom. The number of carbonyl (C=O) groups excluding carboxylic acids is 2. The second kappa shape index (κ2) is 9.79. The predicted octanol–water partition coefficient (Wildman–Crippen LogP) is 3.66. The van der Waals surface area contributed by atoms with E-state index in [1.165, 1.54) is 0 Å². The number of benzene rings is 1. The smallest absolute Gasteiger partial charge is 0.359 e. The van der Waals surface area contributed by atoms with Gasteiger partial charge in [-0.1, -0.05) is 0 Å². The van der Waals surface area contributed by atoms with Gasteiger partial charge in [0.05, 0.1) is 11.1 Å². The minimum atomic E-state index is -5.07. The first-order valence-corrected chi connectivity index (χ1v) is 9.72. The number of amides is 2. The molecular formula is C19H14F9N5O3. The fourth-order valence-corrected chi connectivity index (χ4v) is 2.99. The number of nitrogens with one attached hydrogen (secondary N) is 1. The molecule has 196 valence electrons. The predicted molar refractivity (Wildman–Crippen MR) is 101 cm³/mol. The third kappa shape index (κ3) is 6.96. The van der Waals surface area contributed by atoms with Crippen LogP contribution in [0, 0.1) is 0 Å². The molecule has 0 saturated carbocycles. The van der Waals surface area contributed by atoms with Crippen LogP contribution >= 0.6 is 0 Å². The molecule has 1 aliphatic heterocycles. The summed E-state index contributed by atoms with van der Waals surface area (Å²) in [4.78, 5) is 27.6. The van der Waals surface area contributed by atoms with E-state index in [1.54, 1.807) is 0 Å². The molecule has 36 heavy (non-hydrogen) atoms. The number of aromatic nitrogens is 3. The van der Waals surface area contributed by atoms with Crippen molar-refractivity contribution in [3.63, 3.8) is 0 Å². The number of halogens is 9. The highest BCUT2D eigenvalue weighted by molar-refractivity contribution is 5.93. The van der Waals surface area contributed by atoms with Crippen molar-refractivity contribution in [2.45, 2.75) is 31.1 Å². The van der Waals surface area contributed by atoms with Gasteiger partial charge in [0.2, 0.25) is 0 Å². The van der Waals surface area contributed by atoms with Gasteiger partial charge in [-0.3, -0.25) is 20.0 Å². The number of hydrogen-bond donors (Lipinski definition) is 1. The fraction of sp³-hybridized carbons (Fsp3) is 0.368. The quantitative estimate of drug-likeness (QED) is 0.454. The lowest BCUT2D eigenvalue weighted by molar-refractivity contribution is -0.187. The Morgan fingerprint density at radius 2 is 1.67 bits per heavy atom. The molecule has 1 saturated heterocycles. The molecule has 2 amide bonds. The van der Waals surface area contributed by atoms with Gasteiger partial charge in [0.1, 0.15) is 19.0 Å². The van der Waals surface area contributed by atoms with Gasteiger partial charge >= 0.3 is 18.5 Å². The molecule has 8 nitrogen and oxygen atoms in total. The zero-order valence-corrected chi connectivity index (χ0v) is 17.6. The Labute approximate surface area is 195 Å². The van der Waals surface area contributed by atoms with E-state index in [1.807, 2.05) is 0 Å². The third-order valence-electron chi connectivity index (χ3n) is 4.58. The molecule has 1 N–H and O–H groups in total. The summed E-state index contributed by atoms with van der Waals surface area (Å²) in [5.41, 5.74) is -1.61. The van der Waals surface area contributed by atoms with Crippen molar-refractivity contribution < 1.29 is 53.8 Å². The summed E-state index contributed by atoms with van der Waals surface area (Å²) in [5, 5.41) is 4.44. The maximum absolute atomic E-state index is 13.0. The lowest BCUT2D eigenvalue weighted by Gasteiger charge is -2.17. The first-order valence-electron chi connectivity index (χ1n) is 9.72. The van der Waals surface area contributed by atoms with Gasteiger partial charge in [-0.05, 0) is 18.2 Å². The summed E-state index contributed by atoms with van der Waals surface area (Å²) in [6.07, 6.45) is -13.7. The van der Waals surface area contributed by atoms with Crippen molar-refractivity contribution in [3.05, 3.63) is 41.7 Å². The van der Waals surface area contributed by atoms with Gasteiger partial charge in [0.15, 0.2) is 5.82 Å². The van der Waals surface area contributed by atoms with Gasteiger partial charge < -0.3 is 4.74 Å². The standard InChI is InChI=1S/C19H14F9N5O3/c20-17(21,22)8-36-13-1-4-33(16(13)35)30-14(34)2-3-32-9-29-15(31-32)10-5-11(18(23,24)25)7-12(6-10)19(26,27)28/h2-3,5-7,9,13H,1,4,8H2,(H,30,34)/b3-2-. The van der Waals surface area contributed by atoms with E-state index in [4.69, 9.17) is 0 Å². The van der Waals surface area contributed by atoms with Crippen LogP contribution in [0.5, 0.6) is 0 Å². The highest BCUT2D eigenvalue weighted by atomic mass is 19.4. The van der Waals surface area contributed by atoms with E-state index >= 15 is 0 Å². The normalized spacial score (nSPS) is 17.3. The Kier molecular flexibility index (Phi) is 7.33. The van der Waals surface area contributed by atoms with Crippen LogP contribution in [0.4, 0.5) is 39.5 Å². The van der Waals surface area contributed by atoms with Crippen LogP contribution < -0.4 is 5.43 Å². The van der Waals surface area contributed by atoms with Gasteiger partial charge in [-0.25, -0.2) is 9.67 Å². The molecule has 0 aliphatic carbocycles. The SMILES string of the molecule is O=C(/C=C\n1cnc(-c2cc(C(F)(F)F)cc(C(F)(F)F)c2)n1)NN1CCC(OCC(F)(F)F)C1=O. The zero-order valence-electron chi connectivity index (χ0n) is 17.6. The summed E-state index contributed by atoms with van der Waals surface area (Å²) in [5.74, 6) is -2.35. The third-order valence-corrected chi connectivity index (χ3v) is 4.58. The van der Waals surface area contributed by atoms with Crippen LogP contribution in [0.3, 0.4) is 0 Å². The second-order valence-corrected chi connectivity index (χ2v) is 7.33. The maximum Gasteiger partial charge on any atom is 0.416 e. The van der Waals surface area contributed by atoms with Gasteiger partial charge in [-0.15, -0.1) is 5.10 Å². The Bertz CT molecular complexity index is 1120. The monoisotopic (exact) mass is 531 g/mol. The molecular weight excluding hydrogens is 517 g/mol. The average molecular weight is 531 g/mol. The zero-order chi connectivity index (χ0) is 26.9. The largest absolute Gasteiger partial charge is 0.416 e. The molecule has 1 aromatic heterocycles. The van der Waals surface area contributed by atoms with Gasteiger partial charge in [0, 0.05) is 30.8 Å². The first-order chi connectivity index (χ1) is 16.5. The highest BCUT2D eigenvalue weighted by Gasteiger charge is 2.38. The molecule has 3 rings (SSSR count). The summed E-state index contributed by atoms with van der Waals surface area (Å²) in [6.45, 7) is -1.78. The Balaban J connectivity index is 1.68. The lowest BCUT2D eigenvalue weighted by Crippen LogP contribution is -2.44. The molecule has 1 atom stereocenters. The topological polar surface area (TPSA) is 89.3 Å². The molecule has 1 aliphatic rings. The number of hydrazine groups is 1. The van der Waals surface area contributed by atoms with E-state index in [0.717, 1.165) is 28.3 Å². The van der Waals surface area contributed by atoms with E-state index in [-0.39, 0.29) is 19.0 Å². The van der Waals surface area contributed by atoms with Crippen LogP contribution in [-0.2, 0) is 26.7 Å². The Hall–Kier alpha value is -3.63. The summed E-state index contributed by atoms with van der Waals surface area (Å²) in [6, 6.07) is 0.812. The van der Waals surface area contributed by atoms with E-state index in [9.17, 15) is 49.1 Å². The first kappa shape index (κ1) is 27.0. The van der Waals surface area contributed by atoms with E-state index in [2.05, 4.69) is 20.2 Å². The molecule has 1 aromatic carbocycles. The summed E-state index contributed by atoms with van der Waals surface area (Å²) < 4.78 is 120. The number of alkyl halides is 9.